The fraction of sp³-hybridized carbons (Fsp3) is 0.571. The zero-order valence-electron chi connectivity index (χ0n) is 11.1. The van der Waals surface area contributed by atoms with Crippen LogP contribution in [0.1, 0.15) is 19.4 Å². The van der Waals surface area contributed by atoms with Crippen LogP contribution in [0.3, 0.4) is 0 Å². The van der Waals surface area contributed by atoms with E-state index in [4.69, 9.17) is 15.2 Å². The summed E-state index contributed by atoms with van der Waals surface area (Å²) in [7, 11) is 3.39. The smallest absolute Gasteiger partial charge is 0.119 e. The molecule has 0 saturated heterocycles. The molecule has 0 radical (unpaired) electrons. The summed E-state index contributed by atoms with van der Waals surface area (Å²) < 4.78 is 10.6. The standard InChI is InChI=1S/C14H23NO2/c1-10(2)14(17-4)13(15)9-11-6-5-7-12(8-11)16-3/h5-8,10,13-14H,9,15H2,1-4H3. The van der Waals surface area contributed by atoms with E-state index in [-0.39, 0.29) is 12.1 Å². The van der Waals surface area contributed by atoms with Crippen molar-refractivity contribution in [3.8, 4) is 5.75 Å². The van der Waals surface area contributed by atoms with Crippen LogP contribution in [-0.4, -0.2) is 26.4 Å². The summed E-state index contributed by atoms with van der Waals surface area (Å²) in [5.41, 5.74) is 7.37. The minimum Gasteiger partial charge on any atom is -0.497 e. The van der Waals surface area contributed by atoms with Gasteiger partial charge in [-0.05, 0) is 30.0 Å². The van der Waals surface area contributed by atoms with E-state index >= 15 is 0 Å². The Morgan fingerprint density at radius 2 is 1.94 bits per heavy atom. The van der Waals surface area contributed by atoms with Gasteiger partial charge in [-0.1, -0.05) is 26.0 Å². The number of methoxy groups -OCH3 is 2. The molecule has 1 aromatic rings. The largest absolute Gasteiger partial charge is 0.497 e. The van der Waals surface area contributed by atoms with Crippen molar-refractivity contribution in [1.82, 2.24) is 0 Å². The minimum atomic E-state index is 0.00658. The molecule has 3 nitrogen and oxygen atoms in total. The fourth-order valence-corrected chi connectivity index (χ4v) is 2.13. The van der Waals surface area contributed by atoms with Crippen molar-refractivity contribution in [2.45, 2.75) is 32.4 Å². The molecule has 0 spiro atoms. The van der Waals surface area contributed by atoms with Gasteiger partial charge >= 0.3 is 0 Å². The molecule has 1 aromatic carbocycles. The van der Waals surface area contributed by atoms with Crippen LogP contribution < -0.4 is 10.5 Å². The average molecular weight is 237 g/mol. The molecule has 0 bridgehead atoms. The number of nitrogens with two attached hydrogens (primary N) is 1. The molecule has 0 heterocycles. The van der Waals surface area contributed by atoms with Crippen LogP contribution in [0.25, 0.3) is 0 Å². The van der Waals surface area contributed by atoms with Gasteiger partial charge in [0.2, 0.25) is 0 Å². The quantitative estimate of drug-likeness (QED) is 0.825. The average Bonchev–Trinajstić information content (AvgIpc) is 2.29. The van der Waals surface area contributed by atoms with Gasteiger partial charge in [-0.25, -0.2) is 0 Å². The van der Waals surface area contributed by atoms with Crippen LogP contribution in [-0.2, 0) is 11.2 Å². The highest BCUT2D eigenvalue weighted by Crippen LogP contribution is 2.17. The molecule has 0 aromatic heterocycles. The number of hydrogen-bond acceptors (Lipinski definition) is 3. The van der Waals surface area contributed by atoms with Crippen LogP contribution in [0.4, 0.5) is 0 Å². The highest BCUT2D eigenvalue weighted by molar-refractivity contribution is 5.29. The molecule has 3 heteroatoms. The molecule has 0 aliphatic carbocycles. The van der Waals surface area contributed by atoms with E-state index in [1.807, 2.05) is 18.2 Å². The van der Waals surface area contributed by atoms with Crippen LogP contribution >= 0.6 is 0 Å². The Balaban J connectivity index is 2.69. The summed E-state index contributed by atoms with van der Waals surface area (Å²) >= 11 is 0. The Morgan fingerprint density at radius 3 is 2.47 bits per heavy atom. The highest BCUT2D eigenvalue weighted by Gasteiger charge is 2.21. The Bertz CT molecular complexity index is 339. The van der Waals surface area contributed by atoms with Gasteiger partial charge in [-0.3, -0.25) is 0 Å². The number of hydrogen-bond donors (Lipinski definition) is 1. The second kappa shape index (κ2) is 6.62. The number of ether oxygens (including phenoxy) is 2. The zero-order chi connectivity index (χ0) is 12.8. The van der Waals surface area contributed by atoms with Gasteiger partial charge in [0.05, 0.1) is 13.2 Å². The van der Waals surface area contributed by atoms with Crippen LogP contribution in [0.15, 0.2) is 24.3 Å². The summed E-state index contributed by atoms with van der Waals surface area (Å²) in [5, 5.41) is 0. The maximum absolute atomic E-state index is 6.19. The zero-order valence-corrected chi connectivity index (χ0v) is 11.1. The lowest BCUT2D eigenvalue weighted by Crippen LogP contribution is -2.41. The van der Waals surface area contributed by atoms with Crippen molar-refractivity contribution in [1.29, 1.82) is 0 Å². The predicted octanol–water partition coefficient (Wildman–Crippen LogP) is 2.24. The summed E-state index contributed by atoms with van der Waals surface area (Å²) in [5.74, 6) is 1.29. The molecular weight excluding hydrogens is 214 g/mol. The normalized spacial score (nSPS) is 14.7. The van der Waals surface area contributed by atoms with Crippen molar-refractivity contribution in [3.63, 3.8) is 0 Å². The molecule has 2 atom stereocenters. The first-order valence-corrected chi connectivity index (χ1v) is 5.99. The summed E-state index contributed by atoms with van der Waals surface area (Å²) in [6.07, 6.45) is 0.884. The molecule has 2 unspecified atom stereocenters. The van der Waals surface area contributed by atoms with Gasteiger partial charge in [0, 0.05) is 13.2 Å². The van der Waals surface area contributed by atoms with Crippen molar-refractivity contribution < 1.29 is 9.47 Å². The lowest BCUT2D eigenvalue weighted by molar-refractivity contribution is 0.0441. The number of rotatable bonds is 6. The van der Waals surface area contributed by atoms with Crippen LogP contribution in [0.2, 0.25) is 0 Å². The molecule has 2 N–H and O–H groups in total. The molecule has 0 saturated carbocycles. The van der Waals surface area contributed by atoms with E-state index in [9.17, 15) is 0 Å². The van der Waals surface area contributed by atoms with Crippen LogP contribution in [0, 0.1) is 5.92 Å². The molecule has 96 valence electrons. The molecule has 1 rings (SSSR count). The van der Waals surface area contributed by atoms with E-state index in [0.29, 0.717) is 5.92 Å². The Labute approximate surface area is 104 Å². The maximum atomic E-state index is 6.19. The second-order valence-corrected chi connectivity index (χ2v) is 4.66. The van der Waals surface area contributed by atoms with Crippen LogP contribution in [0.5, 0.6) is 5.75 Å². The molecule has 0 fully saturated rings. The van der Waals surface area contributed by atoms with Gasteiger partial charge in [-0.2, -0.15) is 0 Å². The van der Waals surface area contributed by atoms with Gasteiger partial charge in [-0.15, -0.1) is 0 Å². The summed E-state index contributed by atoms with van der Waals surface area (Å²) in [6.45, 7) is 4.25. The molecular formula is C14H23NO2. The SMILES string of the molecule is COc1cccc(CC(N)C(OC)C(C)C)c1. The molecule has 0 aliphatic heterocycles. The molecule has 17 heavy (non-hydrogen) atoms. The second-order valence-electron chi connectivity index (χ2n) is 4.66. The highest BCUT2D eigenvalue weighted by atomic mass is 16.5. The topological polar surface area (TPSA) is 44.5 Å². The van der Waals surface area contributed by atoms with Gasteiger partial charge in [0.1, 0.15) is 5.75 Å². The van der Waals surface area contributed by atoms with Crippen molar-refractivity contribution in [3.05, 3.63) is 29.8 Å². The lowest BCUT2D eigenvalue weighted by Gasteiger charge is -2.26. The first-order chi connectivity index (χ1) is 8.08. The van der Waals surface area contributed by atoms with Crippen molar-refractivity contribution in [2.24, 2.45) is 11.7 Å². The van der Waals surface area contributed by atoms with Crippen molar-refractivity contribution >= 4 is 0 Å². The van der Waals surface area contributed by atoms with E-state index < -0.39 is 0 Å². The molecule has 0 amide bonds. The maximum Gasteiger partial charge on any atom is 0.119 e. The Kier molecular flexibility index (Phi) is 5.45. The third kappa shape index (κ3) is 4.02. The van der Waals surface area contributed by atoms with Gasteiger partial charge < -0.3 is 15.2 Å². The predicted molar refractivity (Wildman–Crippen MR) is 70.3 cm³/mol. The third-order valence-corrected chi connectivity index (χ3v) is 2.96. The first-order valence-electron chi connectivity index (χ1n) is 5.99. The fourth-order valence-electron chi connectivity index (χ4n) is 2.13. The monoisotopic (exact) mass is 237 g/mol. The van der Waals surface area contributed by atoms with E-state index in [2.05, 4.69) is 19.9 Å². The van der Waals surface area contributed by atoms with Gasteiger partial charge in [0.15, 0.2) is 0 Å². The summed E-state index contributed by atoms with van der Waals surface area (Å²) in [6, 6.07) is 8.01. The van der Waals surface area contributed by atoms with E-state index in [1.54, 1.807) is 14.2 Å². The van der Waals surface area contributed by atoms with E-state index in [0.717, 1.165) is 12.2 Å². The Morgan fingerprint density at radius 1 is 1.24 bits per heavy atom. The van der Waals surface area contributed by atoms with Gasteiger partial charge in [0.25, 0.3) is 0 Å². The number of benzene rings is 1. The summed E-state index contributed by atoms with van der Waals surface area (Å²) in [4.78, 5) is 0. The lowest BCUT2D eigenvalue weighted by atomic mass is 9.94. The Hall–Kier alpha value is -1.06. The third-order valence-electron chi connectivity index (χ3n) is 2.96. The first kappa shape index (κ1) is 14.0. The van der Waals surface area contributed by atoms with E-state index in [1.165, 1.54) is 5.56 Å². The minimum absolute atomic E-state index is 0.00658. The molecule has 0 aliphatic rings. The van der Waals surface area contributed by atoms with Crippen molar-refractivity contribution in [2.75, 3.05) is 14.2 Å².